The van der Waals surface area contributed by atoms with Crippen molar-refractivity contribution in [3.8, 4) is 0 Å². The highest BCUT2D eigenvalue weighted by Crippen LogP contribution is 2.43. The molecule has 1 N–H and O–H groups in total. The molecule has 0 bridgehead atoms. The van der Waals surface area contributed by atoms with Crippen molar-refractivity contribution in [2.45, 2.75) is 51.6 Å². The van der Waals surface area contributed by atoms with E-state index in [1.165, 1.54) is 58.5 Å². The topological polar surface area (TPSA) is 18.5 Å². The second kappa shape index (κ2) is 5.34. The van der Waals surface area contributed by atoms with E-state index in [0.29, 0.717) is 5.54 Å². The number of fused-ring (bicyclic) bond motifs is 1. The fourth-order valence-electron chi connectivity index (χ4n) is 4.84. The van der Waals surface area contributed by atoms with Crippen LogP contribution in [0.4, 0.5) is 0 Å². The largest absolute Gasteiger partial charge is 0.316 e. The van der Waals surface area contributed by atoms with E-state index in [-0.39, 0.29) is 0 Å². The second-order valence-corrected chi connectivity index (χ2v) is 7.40. The third-order valence-electron chi connectivity index (χ3n) is 5.96. The molecule has 2 unspecified atom stereocenters. The van der Waals surface area contributed by atoms with Crippen LogP contribution in [0.2, 0.25) is 0 Å². The quantitative estimate of drug-likeness (QED) is 0.839. The van der Waals surface area contributed by atoms with E-state index in [9.17, 15) is 0 Å². The summed E-state index contributed by atoms with van der Waals surface area (Å²) in [7, 11) is 0. The third kappa shape index (κ3) is 2.45. The third-order valence-corrected chi connectivity index (χ3v) is 5.96. The molecule has 0 aromatic heterocycles. The van der Waals surface area contributed by atoms with Crippen LogP contribution in [0.5, 0.6) is 0 Å². The van der Waals surface area contributed by atoms with Crippen molar-refractivity contribution in [1.29, 1.82) is 0 Å². The van der Waals surface area contributed by atoms with Gasteiger partial charge in [-0.3, -0.25) is 4.90 Å². The zero-order valence-corrected chi connectivity index (χ0v) is 13.0. The molecule has 0 aromatic rings. The molecule has 3 saturated heterocycles. The lowest BCUT2D eigenvalue weighted by Gasteiger charge is -2.44. The maximum atomic E-state index is 3.59. The molecule has 2 atom stereocenters. The van der Waals surface area contributed by atoms with Gasteiger partial charge in [0.1, 0.15) is 0 Å². The lowest BCUT2D eigenvalue weighted by molar-refractivity contribution is 0.0469. The monoisotopic (exact) mass is 265 g/mol. The Morgan fingerprint density at radius 1 is 1.16 bits per heavy atom. The molecule has 0 saturated carbocycles. The normalized spacial score (nSPS) is 36.8. The molecule has 3 heteroatoms. The summed E-state index contributed by atoms with van der Waals surface area (Å²) in [5.74, 6) is 1.78. The second-order valence-electron chi connectivity index (χ2n) is 7.40. The smallest absolute Gasteiger partial charge is 0.0200 e. The predicted octanol–water partition coefficient (Wildman–Crippen LogP) is 1.79. The van der Waals surface area contributed by atoms with Crippen LogP contribution in [0, 0.1) is 11.8 Å². The van der Waals surface area contributed by atoms with Gasteiger partial charge in [0.2, 0.25) is 0 Å². The predicted molar refractivity (Wildman–Crippen MR) is 80.4 cm³/mol. The van der Waals surface area contributed by atoms with Crippen LogP contribution in [0.25, 0.3) is 0 Å². The van der Waals surface area contributed by atoms with Gasteiger partial charge in [0, 0.05) is 24.7 Å². The van der Waals surface area contributed by atoms with Crippen LogP contribution in [0.15, 0.2) is 0 Å². The van der Waals surface area contributed by atoms with Crippen molar-refractivity contribution >= 4 is 0 Å². The highest BCUT2D eigenvalue weighted by atomic mass is 15.3. The Morgan fingerprint density at radius 2 is 1.89 bits per heavy atom. The van der Waals surface area contributed by atoms with E-state index in [4.69, 9.17) is 0 Å². The number of nitrogens with zero attached hydrogens (tertiary/aromatic N) is 2. The molecule has 0 aliphatic carbocycles. The molecular formula is C16H31N3. The maximum Gasteiger partial charge on any atom is 0.0200 e. The Kier molecular flexibility index (Phi) is 3.89. The fraction of sp³-hybridized carbons (Fsp3) is 1.00. The lowest BCUT2D eigenvalue weighted by atomic mass is 9.84. The van der Waals surface area contributed by atoms with Crippen LogP contribution < -0.4 is 5.32 Å². The van der Waals surface area contributed by atoms with Crippen LogP contribution in [0.1, 0.15) is 40.0 Å². The van der Waals surface area contributed by atoms with Crippen molar-refractivity contribution in [3.05, 3.63) is 0 Å². The van der Waals surface area contributed by atoms with Crippen LogP contribution in [-0.4, -0.2) is 60.6 Å². The molecule has 3 aliphatic rings. The van der Waals surface area contributed by atoms with Crippen molar-refractivity contribution in [2.75, 3.05) is 39.3 Å². The Hall–Kier alpha value is -0.120. The maximum absolute atomic E-state index is 3.59. The Labute approximate surface area is 118 Å². The van der Waals surface area contributed by atoms with Gasteiger partial charge >= 0.3 is 0 Å². The van der Waals surface area contributed by atoms with Gasteiger partial charge in [0.05, 0.1) is 0 Å². The Balaban J connectivity index is 1.61. The van der Waals surface area contributed by atoms with Gasteiger partial charge in [0.15, 0.2) is 0 Å². The van der Waals surface area contributed by atoms with Crippen LogP contribution in [0.3, 0.4) is 0 Å². The summed E-state index contributed by atoms with van der Waals surface area (Å²) in [6.45, 7) is 15.0. The first-order chi connectivity index (χ1) is 9.13. The standard InChI is InChI=1S/C16H31N3/c1-4-7-18-8-5-14(6-9-18)19-12-13-10-17-11-15(13)16(19,2)3/h13-15,17H,4-12H2,1-3H3. The SMILES string of the molecule is CCCN1CCC(N2CC3CNCC3C2(C)C)CC1. The molecule has 3 fully saturated rings. The highest BCUT2D eigenvalue weighted by molar-refractivity contribution is 5.06. The molecule has 3 rings (SSSR count). The molecule has 110 valence electrons. The van der Waals surface area contributed by atoms with Gasteiger partial charge in [0.25, 0.3) is 0 Å². The first-order valence-electron chi connectivity index (χ1n) is 8.32. The van der Waals surface area contributed by atoms with Crippen molar-refractivity contribution in [3.63, 3.8) is 0 Å². The molecule has 3 heterocycles. The molecule has 0 radical (unpaired) electrons. The van der Waals surface area contributed by atoms with E-state index in [0.717, 1.165) is 17.9 Å². The number of rotatable bonds is 3. The minimum absolute atomic E-state index is 0.408. The van der Waals surface area contributed by atoms with Gasteiger partial charge in [-0.15, -0.1) is 0 Å². The molecule has 0 aromatic carbocycles. The minimum Gasteiger partial charge on any atom is -0.316 e. The van der Waals surface area contributed by atoms with Crippen LogP contribution in [-0.2, 0) is 0 Å². The summed E-state index contributed by atoms with van der Waals surface area (Å²) >= 11 is 0. The van der Waals surface area contributed by atoms with E-state index < -0.39 is 0 Å². The summed E-state index contributed by atoms with van der Waals surface area (Å²) in [5.41, 5.74) is 0.408. The number of nitrogens with one attached hydrogen (secondary N) is 1. The average molecular weight is 265 g/mol. The average Bonchev–Trinajstić information content (AvgIpc) is 2.94. The van der Waals surface area contributed by atoms with Gasteiger partial charge in [-0.05, 0) is 71.1 Å². The van der Waals surface area contributed by atoms with Crippen molar-refractivity contribution in [1.82, 2.24) is 15.1 Å². The lowest BCUT2D eigenvalue weighted by Crippen LogP contribution is -2.53. The highest BCUT2D eigenvalue weighted by Gasteiger charge is 2.51. The number of hydrogen-bond donors (Lipinski definition) is 1. The number of likely N-dealkylation sites (tertiary alicyclic amines) is 2. The minimum atomic E-state index is 0.408. The molecule has 0 spiro atoms. The van der Waals surface area contributed by atoms with E-state index in [1.807, 2.05) is 0 Å². The summed E-state index contributed by atoms with van der Waals surface area (Å²) in [5, 5.41) is 3.59. The molecule has 3 nitrogen and oxygen atoms in total. The number of hydrogen-bond acceptors (Lipinski definition) is 3. The molecular weight excluding hydrogens is 234 g/mol. The van der Waals surface area contributed by atoms with Gasteiger partial charge in [-0.25, -0.2) is 0 Å². The van der Waals surface area contributed by atoms with E-state index in [1.54, 1.807) is 0 Å². The summed E-state index contributed by atoms with van der Waals surface area (Å²) in [4.78, 5) is 5.52. The van der Waals surface area contributed by atoms with Crippen molar-refractivity contribution < 1.29 is 0 Å². The molecule has 19 heavy (non-hydrogen) atoms. The summed E-state index contributed by atoms with van der Waals surface area (Å²) in [6.07, 6.45) is 4.07. The van der Waals surface area contributed by atoms with Gasteiger partial charge in [-0.1, -0.05) is 6.92 Å². The Bertz CT molecular complexity index is 307. The zero-order valence-electron chi connectivity index (χ0n) is 13.0. The summed E-state index contributed by atoms with van der Waals surface area (Å²) < 4.78 is 0. The van der Waals surface area contributed by atoms with Crippen LogP contribution >= 0.6 is 0 Å². The van der Waals surface area contributed by atoms with E-state index in [2.05, 4.69) is 35.9 Å². The fourth-order valence-corrected chi connectivity index (χ4v) is 4.84. The van der Waals surface area contributed by atoms with Gasteiger partial charge in [-0.2, -0.15) is 0 Å². The first-order valence-corrected chi connectivity index (χ1v) is 8.32. The Morgan fingerprint density at radius 3 is 2.53 bits per heavy atom. The first kappa shape index (κ1) is 13.8. The molecule has 3 aliphatic heterocycles. The zero-order chi connectivity index (χ0) is 13.5. The van der Waals surface area contributed by atoms with Crippen molar-refractivity contribution in [2.24, 2.45) is 11.8 Å². The molecule has 0 amide bonds. The summed E-state index contributed by atoms with van der Waals surface area (Å²) in [6, 6.07) is 0.841. The van der Waals surface area contributed by atoms with Gasteiger partial charge < -0.3 is 10.2 Å². The van der Waals surface area contributed by atoms with E-state index >= 15 is 0 Å². The number of piperidine rings is 1.